The summed E-state index contributed by atoms with van der Waals surface area (Å²) in [4.78, 5) is 38.8. The largest absolute Gasteiger partial charge is 0.354 e. The summed E-state index contributed by atoms with van der Waals surface area (Å²) >= 11 is 0. The summed E-state index contributed by atoms with van der Waals surface area (Å²) in [6, 6.07) is 6.01. The first-order valence-corrected chi connectivity index (χ1v) is 10.6. The Labute approximate surface area is 170 Å². The molecule has 3 fully saturated rings. The first kappa shape index (κ1) is 19.9. The second-order valence-corrected chi connectivity index (χ2v) is 8.74. The van der Waals surface area contributed by atoms with E-state index >= 15 is 0 Å². The summed E-state index contributed by atoms with van der Waals surface area (Å²) in [6.07, 6.45) is 8.13. The highest BCUT2D eigenvalue weighted by atomic mass is 19.1. The fourth-order valence-electron chi connectivity index (χ4n) is 5.20. The molecule has 0 aromatic heterocycles. The van der Waals surface area contributed by atoms with E-state index in [1.54, 1.807) is 12.1 Å². The lowest BCUT2D eigenvalue weighted by Crippen LogP contribution is -2.49. The molecule has 1 aliphatic heterocycles. The molecule has 2 N–H and O–H groups in total. The topological polar surface area (TPSA) is 78.5 Å². The zero-order valence-electron chi connectivity index (χ0n) is 16.6. The van der Waals surface area contributed by atoms with E-state index in [0.717, 1.165) is 55.4 Å². The molecule has 0 bridgehead atoms. The van der Waals surface area contributed by atoms with Crippen molar-refractivity contribution >= 4 is 17.8 Å². The molecule has 0 radical (unpaired) electrons. The summed E-state index contributed by atoms with van der Waals surface area (Å²) in [5, 5.41) is 5.76. The number of hydrogen-bond acceptors (Lipinski definition) is 3. The van der Waals surface area contributed by atoms with Gasteiger partial charge in [-0.3, -0.25) is 14.5 Å². The Kier molecular flexibility index (Phi) is 5.32. The van der Waals surface area contributed by atoms with Gasteiger partial charge in [0, 0.05) is 12.0 Å². The van der Waals surface area contributed by atoms with Gasteiger partial charge in [-0.1, -0.05) is 44.2 Å². The van der Waals surface area contributed by atoms with Gasteiger partial charge >= 0.3 is 6.03 Å². The van der Waals surface area contributed by atoms with Crippen molar-refractivity contribution in [3.8, 4) is 0 Å². The average Bonchev–Trinajstić information content (AvgIpc) is 3.28. The van der Waals surface area contributed by atoms with E-state index < -0.39 is 11.6 Å². The summed E-state index contributed by atoms with van der Waals surface area (Å²) in [5.74, 6) is -0.887. The van der Waals surface area contributed by atoms with Crippen LogP contribution in [-0.4, -0.2) is 41.4 Å². The Morgan fingerprint density at radius 3 is 2.28 bits per heavy atom. The molecule has 3 aliphatic rings. The number of halogens is 1. The zero-order chi connectivity index (χ0) is 20.5. The van der Waals surface area contributed by atoms with E-state index in [-0.39, 0.29) is 29.6 Å². The fourth-order valence-corrected chi connectivity index (χ4v) is 5.20. The minimum atomic E-state index is -0.809. The molecule has 29 heavy (non-hydrogen) atoms. The van der Waals surface area contributed by atoms with E-state index in [1.165, 1.54) is 12.1 Å². The van der Waals surface area contributed by atoms with Crippen molar-refractivity contribution in [2.24, 2.45) is 0 Å². The lowest BCUT2D eigenvalue weighted by atomic mass is 9.79. The van der Waals surface area contributed by atoms with Gasteiger partial charge < -0.3 is 10.6 Å². The minimum Gasteiger partial charge on any atom is -0.354 e. The third kappa shape index (κ3) is 3.74. The van der Waals surface area contributed by atoms with Gasteiger partial charge in [0.2, 0.25) is 5.91 Å². The van der Waals surface area contributed by atoms with Gasteiger partial charge in [-0.25, -0.2) is 9.18 Å². The van der Waals surface area contributed by atoms with Crippen molar-refractivity contribution < 1.29 is 18.8 Å². The van der Waals surface area contributed by atoms with Crippen LogP contribution in [0.15, 0.2) is 24.3 Å². The Balaban J connectivity index is 1.40. The molecule has 1 saturated heterocycles. The first-order valence-electron chi connectivity index (χ1n) is 10.6. The molecule has 4 rings (SSSR count). The number of amides is 4. The molecule has 1 heterocycles. The van der Waals surface area contributed by atoms with Crippen molar-refractivity contribution in [2.75, 3.05) is 13.1 Å². The normalized spacial score (nSPS) is 22.7. The van der Waals surface area contributed by atoms with Crippen molar-refractivity contribution in [2.45, 2.75) is 68.7 Å². The maximum Gasteiger partial charge on any atom is 0.325 e. The SMILES string of the molecule is O=C(CN1C(=O)NC2(CCCCC2)C1=O)NCC1(c2ccc(F)cc2)CCCC1. The standard InChI is InChI=1S/C22H28FN3O3/c23-17-8-6-16(7-9-17)21(10-4-5-11-21)15-24-18(27)14-26-19(28)22(25-20(26)29)12-2-1-3-13-22/h6-9H,1-5,10-15H2,(H,24,27)(H,25,29). The molecule has 0 atom stereocenters. The third-order valence-electron chi connectivity index (χ3n) is 6.90. The molecular weight excluding hydrogens is 373 g/mol. The molecule has 7 heteroatoms. The van der Waals surface area contributed by atoms with Crippen LogP contribution in [0.25, 0.3) is 0 Å². The number of nitrogens with zero attached hydrogens (tertiary/aromatic N) is 1. The molecule has 1 aromatic rings. The van der Waals surface area contributed by atoms with E-state index in [2.05, 4.69) is 10.6 Å². The molecular formula is C22H28FN3O3. The first-order chi connectivity index (χ1) is 13.9. The monoisotopic (exact) mass is 401 g/mol. The maximum atomic E-state index is 13.3. The highest BCUT2D eigenvalue weighted by Crippen LogP contribution is 2.40. The second-order valence-electron chi connectivity index (χ2n) is 8.74. The number of rotatable bonds is 5. The number of nitrogens with one attached hydrogen (secondary N) is 2. The van der Waals surface area contributed by atoms with E-state index in [9.17, 15) is 18.8 Å². The third-order valence-corrected chi connectivity index (χ3v) is 6.90. The summed E-state index contributed by atoms with van der Waals surface area (Å²) in [6.45, 7) is 0.165. The van der Waals surface area contributed by atoms with Crippen molar-refractivity contribution in [3.63, 3.8) is 0 Å². The van der Waals surface area contributed by atoms with Crippen LogP contribution >= 0.6 is 0 Å². The quantitative estimate of drug-likeness (QED) is 0.745. The fraction of sp³-hybridized carbons (Fsp3) is 0.591. The highest BCUT2D eigenvalue weighted by Gasteiger charge is 2.51. The van der Waals surface area contributed by atoms with Crippen molar-refractivity contribution in [1.82, 2.24) is 15.5 Å². The van der Waals surface area contributed by atoms with Crippen LogP contribution in [0.3, 0.4) is 0 Å². The minimum absolute atomic E-state index is 0.217. The average molecular weight is 401 g/mol. The number of urea groups is 1. The van der Waals surface area contributed by atoms with Crippen LogP contribution in [0.2, 0.25) is 0 Å². The molecule has 6 nitrogen and oxygen atoms in total. The molecule has 2 saturated carbocycles. The summed E-state index contributed by atoms with van der Waals surface area (Å²) in [5.41, 5.74) is -0.00500. The molecule has 156 valence electrons. The highest BCUT2D eigenvalue weighted by molar-refractivity contribution is 6.09. The Morgan fingerprint density at radius 1 is 1.00 bits per heavy atom. The van der Waals surface area contributed by atoms with E-state index in [1.807, 2.05) is 0 Å². The van der Waals surface area contributed by atoms with Crippen LogP contribution < -0.4 is 10.6 Å². The van der Waals surface area contributed by atoms with Gasteiger partial charge in [0.15, 0.2) is 0 Å². The predicted octanol–water partition coefficient (Wildman–Crippen LogP) is 3.01. The van der Waals surface area contributed by atoms with E-state index in [4.69, 9.17) is 0 Å². The smallest absolute Gasteiger partial charge is 0.325 e. The lowest BCUT2D eigenvalue weighted by molar-refractivity contribution is -0.135. The van der Waals surface area contributed by atoms with Gasteiger partial charge in [0.05, 0.1) is 0 Å². The molecule has 2 aliphatic carbocycles. The number of benzene rings is 1. The van der Waals surface area contributed by atoms with Crippen LogP contribution in [-0.2, 0) is 15.0 Å². The summed E-state index contributed by atoms with van der Waals surface area (Å²) < 4.78 is 13.3. The Bertz CT molecular complexity index is 796. The number of imide groups is 1. The number of hydrogen-bond donors (Lipinski definition) is 2. The van der Waals surface area contributed by atoms with Crippen molar-refractivity contribution in [1.29, 1.82) is 0 Å². The van der Waals surface area contributed by atoms with Gasteiger partial charge in [0.1, 0.15) is 17.9 Å². The molecule has 1 aromatic carbocycles. The van der Waals surface area contributed by atoms with Gasteiger partial charge in [-0.2, -0.15) is 0 Å². The van der Waals surface area contributed by atoms with Crippen LogP contribution in [0.4, 0.5) is 9.18 Å². The van der Waals surface area contributed by atoms with Gasteiger partial charge in [0.25, 0.3) is 5.91 Å². The van der Waals surface area contributed by atoms with Crippen LogP contribution in [0.1, 0.15) is 63.4 Å². The van der Waals surface area contributed by atoms with Crippen molar-refractivity contribution in [3.05, 3.63) is 35.6 Å². The number of carbonyl (C=O) groups excluding carboxylic acids is 3. The van der Waals surface area contributed by atoms with Gasteiger partial charge in [-0.05, 0) is 43.4 Å². The van der Waals surface area contributed by atoms with Crippen LogP contribution in [0.5, 0.6) is 0 Å². The second kappa shape index (κ2) is 7.76. The Morgan fingerprint density at radius 2 is 1.62 bits per heavy atom. The van der Waals surface area contributed by atoms with E-state index in [0.29, 0.717) is 19.4 Å². The molecule has 0 unspecified atom stereocenters. The maximum absolute atomic E-state index is 13.3. The van der Waals surface area contributed by atoms with Crippen LogP contribution in [0, 0.1) is 5.82 Å². The Hall–Kier alpha value is -2.44. The number of carbonyl (C=O) groups is 3. The molecule has 1 spiro atoms. The summed E-state index contributed by atoms with van der Waals surface area (Å²) in [7, 11) is 0. The van der Waals surface area contributed by atoms with Gasteiger partial charge in [-0.15, -0.1) is 0 Å². The predicted molar refractivity (Wildman–Crippen MR) is 106 cm³/mol. The zero-order valence-corrected chi connectivity index (χ0v) is 16.6. The lowest BCUT2D eigenvalue weighted by Gasteiger charge is -2.31. The molecule has 4 amide bonds.